The van der Waals surface area contributed by atoms with Crippen molar-refractivity contribution < 1.29 is 4.79 Å². The first-order valence-corrected chi connectivity index (χ1v) is 7.99. The van der Waals surface area contributed by atoms with E-state index < -0.39 is 0 Å². The van der Waals surface area contributed by atoms with Crippen LogP contribution in [0.5, 0.6) is 0 Å². The topological polar surface area (TPSA) is 54.9 Å². The Balaban J connectivity index is 1.73. The van der Waals surface area contributed by atoms with Gasteiger partial charge in [-0.3, -0.25) is 9.78 Å². The molecule has 3 aromatic rings. The zero-order valence-electron chi connectivity index (χ0n) is 12.3. The maximum atomic E-state index is 12.4. The largest absolute Gasteiger partial charge is 0.348 e. The summed E-state index contributed by atoms with van der Waals surface area (Å²) in [5, 5.41) is 3.61. The molecule has 0 spiro atoms. The standard InChI is InChI=1S/C18H15N3OS/c22-17(21-13-14-6-4-10-19-12-14)16-9-5-11-20-18(16)23-15-7-2-1-3-8-15/h1-12H,13H2,(H,21,22). The lowest BCUT2D eigenvalue weighted by atomic mass is 10.2. The minimum atomic E-state index is -0.139. The molecule has 4 nitrogen and oxygen atoms in total. The Kier molecular flexibility index (Phi) is 5.01. The summed E-state index contributed by atoms with van der Waals surface area (Å²) in [6.07, 6.45) is 5.15. The monoisotopic (exact) mass is 321 g/mol. The van der Waals surface area contributed by atoms with Gasteiger partial charge in [0.1, 0.15) is 5.03 Å². The Labute approximate surface area is 139 Å². The molecular weight excluding hydrogens is 306 g/mol. The summed E-state index contributed by atoms with van der Waals surface area (Å²) in [6.45, 7) is 0.441. The van der Waals surface area contributed by atoms with Crippen molar-refractivity contribution in [1.82, 2.24) is 15.3 Å². The molecule has 0 unspecified atom stereocenters. The van der Waals surface area contributed by atoms with Gasteiger partial charge in [0.25, 0.3) is 5.91 Å². The molecule has 0 aliphatic heterocycles. The van der Waals surface area contributed by atoms with Gasteiger partial charge in [-0.15, -0.1) is 0 Å². The van der Waals surface area contributed by atoms with Crippen LogP contribution in [0.1, 0.15) is 15.9 Å². The van der Waals surface area contributed by atoms with Gasteiger partial charge in [-0.2, -0.15) is 0 Å². The van der Waals surface area contributed by atoms with Crippen LogP contribution in [0.4, 0.5) is 0 Å². The van der Waals surface area contributed by atoms with Gasteiger partial charge in [0, 0.05) is 30.0 Å². The third-order valence-corrected chi connectivity index (χ3v) is 4.18. The number of hydrogen-bond donors (Lipinski definition) is 1. The number of carbonyl (C=O) groups excluding carboxylic acids is 1. The zero-order valence-corrected chi connectivity index (χ0v) is 13.2. The van der Waals surface area contributed by atoms with E-state index in [4.69, 9.17) is 0 Å². The second-order valence-corrected chi connectivity index (χ2v) is 5.88. The van der Waals surface area contributed by atoms with Gasteiger partial charge < -0.3 is 5.32 Å². The summed E-state index contributed by atoms with van der Waals surface area (Å²) in [6, 6.07) is 17.2. The van der Waals surface area contributed by atoms with Gasteiger partial charge in [-0.25, -0.2) is 4.98 Å². The third-order valence-electron chi connectivity index (χ3n) is 3.15. The quantitative estimate of drug-likeness (QED) is 0.781. The van der Waals surface area contributed by atoms with Crippen molar-refractivity contribution in [3.05, 3.63) is 84.3 Å². The van der Waals surface area contributed by atoms with Crippen LogP contribution >= 0.6 is 11.8 Å². The molecule has 1 N–H and O–H groups in total. The number of nitrogens with one attached hydrogen (secondary N) is 1. The van der Waals surface area contributed by atoms with Gasteiger partial charge in [0.05, 0.1) is 5.56 Å². The van der Waals surface area contributed by atoms with E-state index >= 15 is 0 Å². The molecule has 5 heteroatoms. The Morgan fingerprint density at radius 3 is 2.61 bits per heavy atom. The van der Waals surface area contributed by atoms with E-state index in [2.05, 4.69) is 15.3 Å². The average Bonchev–Trinajstić information content (AvgIpc) is 2.62. The Bertz CT molecular complexity index is 779. The molecule has 1 aromatic carbocycles. The molecule has 0 aliphatic carbocycles. The molecule has 2 aromatic heterocycles. The normalized spacial score (nSPS) is 10.3. The van der Waals surface area contributed by atoms with E-state index in [1.165, 1.54) is 11.8 Å². The van der Waals surface area contributed by atoms with Crippen molar-refractivity contribution >= 4 is 17.7 Å². The van der Waals surface area contributed by atoms with Crippen LogP contribution in [0, 0.1) is 0 Å². The lowest BCUT2D eigenvalue weighted by Gasteiger charge is -2.09. The smallest absolute Gasteiger partial charge is 0.254 e. The highest BCUT2D eigenvalue weighted by Crippen LogP contribution is 2.28. The highest BCUT2D eigenvalue weighted by molar-refractivity contribution is 7.99. The summed E-state index contributed by atoms with van der Waals surface area (Å²) in [5.74, 6) is -0.139. The van der Waals surface area contributed by atoms with E-state index in [-0.39, 0.29) is 5.91 Å². The van der Waals surface area contributed by atoms with Gasteiger partial charge >= 0.3 is 0 Å². The summed E-state index contributed by atoms with van der Waals surface area (Å²) in [7, 11) is 0. The van der Waals surface area contributed by atoms with Crippen molar-refractivity contribution in [2.24, 2.45) is 0 Å². The minimum Gasteiger partial charge on any atom is -0.348 e. The molecular formula is C18H15N3OS. The molecule has 0 saturated heterocycles. The number of amides is 1. The van der Waals surface area contributed by atoms with Crippen molar-refractivity contribution in [3.63, 3.8) is 0 Å². The van der Waals surface area contributed by atoms with E-state index in [9.17, 15) is 4.79 Å². The van der Waals surface area contributed by atoms with Crippen LogP contribution < -0.4 is 5.32 Å². The van der Waals surface area contributed by atoms with Gasteiger partial charge in [0.2, 0.25) is 0 Å². The first-order valence-electron chi connectivity index (χ1n) is 7.18. The van der Waals surface area contributed by atoms with E-state index in [1.807, 2.05) is 42.5 Å². The van der Waals surface area contributed by atoms with Crippen LogP contribution in [0.15, 0.2) is 83.1 Å². The van der Waals surface area contributed by atoms with Crippen LogP contribution in [0.25, 0.3) is 0 Å². The molecule has 0 atom stereocenters. The van der Waals surface area contributed by atoms with Crippen molar-refractivity contribution in [2.45, 2.75) is 16.5 Å². The number of nitrogens with zero attached hydrogens (tertiary/aromatic N) is 2. The average molecular weight is 321 g/mol. The summed E-state index contributed by atoms with van der Waals surface area (Å²) in [5.41, 5.74) is 1.53. The number of pyridine rings is 2. The SMILES string of the molecule is O=C(NCc1cccnc1)c1cccnc1Sc1ccccc1. The predicted octanol–water partition coefficient (Wildman–Crippen LogP) is 3.56. The lowest BCUT2D eigenvalue weighted by molar-refractivity contribution is 0.0947. The summed E-state index contributed by atoms with van der Waals surface area (Å²) in [4.78, 5) is 21.9. The molecule has 0 radical (unpaired) electrons. The summed E-state index contributed by atoms with van der Waals surface area (Å²) < 4.78 is 0. The maximum Gasteiger partial charge on any atom is 0.254 e. The van der Waals surface area contributed by atoms with Crippen molar-refractivity contribution in [2.75, 3.05) is 0 Å². The molecule has 3 rings (SSSR count). The second kappa shape index (κ2) is 7.56. The fourth-order valence-electron chi connectivity index (χ4n) is 2.03. The molecule has 0 aliphatic rings. The highest BCUT2D eigenvalue weighted by Gasteiger charge is 2.13. The van der Waals surface area contributed by atoms with E-state index in [1.54, 1.807) is 30.7 Å². The maximum absolute atomic E-state index is 12.4. The fourth-order valence-corrected chi connectivity index (χ4v) is 2.93. The summed E-state index contributed by atoms with van der Waals surface area (Å²) >= 11 is 1.48. The van der Waals surface area contributed by atoms with E-state index in [0.717, 1.165) is 10.5 Å². The third kappa shape index (κ3) is 4.17. The second-order valence-electron chi connectivity index (χ2n) is 4.82. The molecule has 0 saturated carbocycles. The molecule has 2 heterocycles. The number of hydrogen-bond acceptors (Lipinski definition) is 4. The van der Waals surface area contributed by atoms with Gasteiger partial charge in [-0.05, 0) is 35.9 Å². The number of benzene rings is 1. The number of carbonyl (C=O) groups is 1. The van der Waals surface area contributed by atoms with Gasteiger partial charge in [0.15, 0.2) is 0 Å². The molecule has 23 heavy (non-hydrogen) atoms. The van der Waals surface area contributed by atoms with Crippen LogP contribution in [-0.2, 0) is 6.54 Å². The fraction of sp³-hybridized carbons (Fsp3) is 0.0556. The minimum absolute atomic E-state index is 0.139. The Morgan fingerprint density at radius 2 is 1.83 bits per heavy atom. The Hall–Kier alpha value is -2.66. The molecule has 1 amide bonds. The zero-order chi connectivity index (χ0) is 15.9. The number of aromatic nitrogens is 2. The highest BCUT2D eigenvalue weighted by atomic mass is 32.2. The first-order chi connectivity index (χ1) is 11.3. The molecule has 0 bridgehead atoms. The van der Waals surface area contributed by atoms with Crippen molar-refractivity contribution in [1.29, 1.82) is 0 Å². The molecule has 0 fully saturated rings. The molecule has 114 valence electrons. The van der Waals surface area contributed by atoms with Crippen LogP contribution in [-0.4, -0.2) is 15.9 Å². The van der Waals surface area contributed by atoms with Crippen LogP contribution in [0.3, 0.4) is 0 Å². The van der Waals surface area contributed by atoms with E-state index in [0.29, 0.717) is 17.1 Å². The lowest BCUT2D eigenvalue weighted by Crippen LogP contribution is -2.23. The van der Waals surface area contributed by atoms with Crippen molar-refractivity contribution in [3.8, 4) is 0 Å². The first kappa shape index (κ1) is 15.2. The predicted molar refractivity (Wildman–Crippen MR) is 90.2 cm³/mol. The van der Waals surface area contributed by atoms with Crippen LogP contribution in [0.2, 0.25) is 0 Å². The van der Waals surface area contributed by atoms with Gasteiger partial charge in [-0.1, -0.05) is 36.0 Å². The number of rotatable bonds is 5. The Morgan fingerprint density at radius 1 is 1.00 bits per heavy atom.